The summed E-state index contributed by atoms with van der Waals surface area (Å²) in [5, 5.41) is 10.9. The van der Waals surface area contributed by atoms with Crippen LogP contribution in [0.2, 0.25) is 5.02 Å². The van der Waals surface area contributed by atoms with Gasteiger partial charge in [-0.2, -0.15) is 0 Å². The zero-order chi connectivity index (χ0) is 12.4. The number of hydrogen-bond donors (Lipinski definition) is 1. The number of rotatable bonds is 3. The van der Waals surface area contributed by atoms with E-state index in [0.717, 1.165) is 22.2 Å². The Labute approximate surface area is 113 Å². The number of furan rings is 1. The Morgan fingerprint density at radius 2 is 2.18 bits per heavy atom. The Balaban J connectivity index is 2.47. The molecule has 0 saturated carbocycles. The summed E-state index contributed by atoms with van der Waals surface area (Å²) in [6, 6.07) is 7.23. The number of aryl methyl sites for hydroxylation is 1. The van der Waals surface area contributed by atoms with Crippen molar-refractivity contribution in [3.05, 3.63) is 56.9 Å². The van der Waals surface area contributed by atoms with E-state index in [1.54, 1.807) is 18.4 Å². The maximum absolute atomic E-state index is 10.4. The highest BCUT2D eigenvalue weighted by atomic mass is 79.9. The first-order chi connectivity index (χ1) is 8.15. The Bertz CT molecular complexity index is 502. The van der Waals surface area contributed by atoms with E-state index in [9.17, 15) is 5.11 Å². The molecule has 0 bridgehead atoms. The maximum Gasteiger partial charge on any atom is 0.110 e. The van der Waals surface area contributed by atoms with Crippen LogP contribution in [-0.2, 0) is 6.42 Å². The Kier molecular flexibility index (Phi) is 3.92. The first-order valence-corrected chi connectivity index (χ1v) is 6.50. The number of hydrogen-bond acceptors (Lipinski definition) is 2. The van der Waals surface area contributed by atoms with Gasteiger partial charge in [-0.25, -0.2) is 0 Å². The standard InChI is InChI=1S/C13H12BrClO2/c1-2-11-8(6-7-17-11)13(16)12-9(14)4-3-5-10(12)15/h3-7,13,16H,2H2,1H3. The Morgan fingerprint density at radius 3 is 2.82 bits per heavy atom. The molecule has 0 saturated heterocycles. The fourth-order valence-electron chi connectivity index (χ4n) is 1.81. The van der Waals surface area contributed by atoms with E-state index in [0.29, 0.717) is 10.6 Å². The maximum atomic E-state index is 10.4. The zero-order valence-electron chi connectivity index (χ0n) is 9.28. The van der Waals surface area contributed by atoms with Gasteiger partial charge in [-0.05, 0) is 18.2 Å². The van der Waals surface area contributed by atoms with E-state index in [2.05, 4.69) is 15.9 Å². The summed E-state index contributed by atoms with van der Waals surface area (Å²) in [6.45, 7) is 1.98. The second-order valence-electron chi connectivity index (χ2n) is 3.69. The number of halogens is 2. The molecule has 0 aliphatic carbocycles. The van der Waals surface area contributed by atoms with Crippen LogP contribution in [0.3, 0.4) is 0 Å². The average Bonchev–Trinajstić information content (AvgIpc) is 2.76. The minimum atomic E-state index is -0.772. The van der Waals surface area contributed by atoms with Crippen LogP contribution in [0.25, 0.3) is 0 Å². The molecule has 0 aliphatic heterocycles. The highest BCUT2D eigenvalue weighted by Crippen LogP contribution is 2.35. The topological polar surface area (TPSA) is 33.4 Å². The van der Waals surface area contributed by atoms with E-state index < -0.39 is 6.10 Å². The lowest BCUT2D eigenvalue weighted by atomic mass is 10.0. The molecule has 2 aromatic rings. The van der Waals surface area contributed by atoms with Crippen LogP contribution in [0.15, 0.2) is 39.4 Å². The van der Waals surface area contributed by atoms with Gasteiger partial charge in [0.2, 0.25) is 0 Å². The van der Waals surface area contributed by atoms with E-state index in [4.69, 9.17) is 16.0 Å². The van der Waals surface area contributed by atoms with Crippen LogP contribution in [0.4, 0.5) is 0 Å². The smallest absolute Gasteiger partial charge is 0.110 e. The minimum Gasteiger partial charge on any atom is -0.469 e. The fraction of sp³-hybridized carbons (Fsp3) is 0.231. The number of aliphatic hydroxyl groups excluding tert-OH is 1. The molecule has 1 aromatic carbocycles. The molecule has 2 rings (SSSR count). The second-order valence-corrected chi connectivity index (χ2v) is 4.95. The van der Waals surface area contributed by atoms with Gasteiger partial charge in [-0.1, -0.05) is 40.5 Å². The summed E-state index contributed by atoms with van der Waals surface area (Å²) in [7, 11) is 0. The van der Waals surface area contributed by atoms with E-state index in [1.807, 2.05) is 19.1 Å². The number of aliphatic hydroxyl groups is 1. The van der Waals surface area contributed by atoms with Crippen molar-refractivity contribution < 1.29 is 9.52 Å². The highest BCUT2D eigenvalue weighted by Gasteiger charge is 2.20. The van der Waals surface area contributed by atoms with Crippen molar-refractivity contribution in [1.82, 2.24) is 0 Å². The molecule has 2 nitrogen and oxygen atoms in total. The molecular formula is C13H12BrClO2. The van der Waals surface area contributed by atoms with Crippen LogP contribution in [0.1, 0.15) is 29.9 Å². The number of benzene rings is 1. The van der Waals surface area contributed by atoms with Gasteiger partial charge in [0.15, 0.2) is 0 Å². The van der Waals surface area contributed by atoms with Crippen molar-refractivity contribution >= 4 is 27.5 Å². The molecule has 1 N–H and O–H groups in total. The molecule has 0 aliphatic rings. The first-order valence-electron chi connectivity index (χ1n) is 5.33. The van der Waals surface area contributed by atoms with Crippen molar-refractivity contribution in [3.8, 4) is 0 Å². The van der Waals surface area contributed by atoms with Crippen molar-refractivity contribution in [2.45, 2.75) is 19.4 Å². The van der Waals surface area contributed by atoms with Crippen LogP contribution in [0.5, 0.6) is 0 Å². The van der Waals surface area contributed by atoms with E-state index in [1.165, 1.54) is 0 Å². The third-order valence-electron chi connectivity index (χ3n) is 2.67. The molecule has 4 heteroatoms. The summed E-state index contributed by atoms with van der Waals surface area (Å²) < 4.78 is 6.11. The lowest BCUT2D eigenvalue weighted by Crippen LogP contribution is -2.03. The largest absolute Gasteiger partial charge is 0.469 e. The van der Waals surface area contributed by atoms with Gasteiger partial charge in [0.25, 0.3) is 0 Å². The lowest BCUT2D eigenvalue weighted by molar-refractivity contribution is 0.216. The molecular weight excluding hydrogens is 303 g/mol. The van der Waals surface area contributed by atoms with Crippen LogP contribution < -0.4 is 0 Å². The van der Waals surface area contributed by atoms with E-state index in [-0.39, 0.29) is 0 Å². The lowest BCUT2D eigenvalue weighted by Gasteiger charge is -2.14. The molecule has 17 heavy (non-hydrogen) atoms. The fourth-order valence-corrected chi connectivity index (χ4v) is 2.78. The Morgan fingerprint density at radius 1 is 1.41 bits per heavy atom. The highest BCUT2D eigenvalue weighted by molar-refractivity contribution is 9.10. The summed E-state index contributed by atoms with van der Waals surface area (Å²) in [4.78, 5) is 0. The van der Waals surface area contributed by atoms with Gasteiger partial charge >= 0.3 is 0 Å². The van der Waals surface area contributed by atoms with Crippen molar-refractivity contribution in [2.75, 3.05) is 0 Å². The molecule has 1 aromatic heterocycles. The average molecular weight is 316 g/mol. The molecule has 0 spiro atoms. The van der Waals surface area contributed by atoms with Gasteiger partial charge in [0, 0.05) is 27.0 Å². The predicted molar refractivity (Wildman–Crippen MR) is 71.3 cm³/mol. The van der Waals surface area contributed by atoms with Crippen LogP contribution in [-0.4, -0.2) is 5.11 Å². The monoisotopic (exact) mass is 314 g/mol. The van der Waals surface area contributed by atoms with Crippen molar-refractivity contribution in [1.29, 1.82) is 0 Å². The van der Waals surface area contributed by atoms with Gasteiger partial charge in [-0.15, -0.1) is 0 Å². The van der Waals surface area contributed by atoms with Gasteiger partial charge in [-0.3, -0.25) is 0 Å². The summed E-state index contributed by atoms with van der Waals surface area (Å²) in [5.74, 6) is 0.782. The zero-order valence-corrected chi connectivity index (χ0v) is 11.6. The predicted octanol–water partition coefficient (Wildman–Crippen LogP) is 4.34. The molecule has 90 valence electrons. The van der Waals surface area contributed by atoms with E-state index >= 15 is 0 Å². The summed E-state index contributed by atoms with van der Waals surface area (Å²) in [6.07, 6.45) is 1.55. The minimum absolute atomic E-state index is 0.537. The molecule has 0 amide bonds. The van der Waals surface area contributed by atoms with Crippen LogP contribution >= 0.6 is 27.5 Å². The van der Waals surface area contributed by atoms with Crippen LogP contribution in [0, 0.1) is 0 Å². The molecule has 0 fully saturated rings. The molecule has 1 unspecified atom stereocenters. The Hall–Kier alpha value is -0.770. The SMILES string of the molecule is CCc1occc1C(O)c1c(Cl)cccc1Br. The first kappa shape index (κ1) is 12.7. The quantitative estimate of drug-likeness (QED) is 0.914. The normalized spacial score (nSPS) is 12.7. The van der Waals surface area contributed by atoms with Gasteiger partial charge in [0.1, 0.15) is 11.9 Å². The third kappa shape index (κ3) is 2.41. The second kappa shape index (κ2) is 5.25. The summed E-state index contributed by atoms with van der Waals surface area (Å²) in [5.41, 5.74) is 1.44. The third-order valence-corrected chi connectivity index (χ3v) is 3.69. The van der Waals surface area contributed by atoms with Crippen molar-refractivity contribution in [2.24, 2.45) is 0 Å². The summed E-state index contributed by atoms with van der Waals surface area (Å²) >= 11 is 9.52. The molecule has 1 heterocycles. The van der Waals surface area contributed by atoms with Gasteiger partial charge < -0.3 is 9.52 Å². The van der Waals surface area contributed by atoms with Gasteiger partial charge in [0.05, 0.1) is 6.26 Å². The molecule has 1 atom stereocenters. The van der Waals surface area contributed by atoms with Crippen molar-refractivity contribution in [3.63, 3.8) is 0 Å². The molecule has 0 radical (unpaired) electrons.